The highest BCUT2D eigenvalue weighted by atomic mass is 32.1. The number of carbonyl (C=O) groups excluding carboxylic acids is 1. The van der Waals surface area contributed by atoms with Crippen molar-refractivity contribution in [3.63, 3.8) is 0 Å². The number of nitrogens with one attached hydrogen (secondary N) is 1. The number of furan rings is 1. The Labute approximate surface area is 210 Å². The van der Waals surface area contributed by atoms with Gasteiger partial charge in [-0.1, -0.05) is 29.5 Å². The highest BCUT2D eigenvalue weighted by Gasteiger charge is 2.30. The minimum Gasteiger partial charge on any atom is -0.487 e. The van der Waals surface area contributed by atoms with Gasteiger partial charge in [0.05, 0.1) is 29.0 Å². The van der Waals surface area contributed by atoms with Gasteiger partial charge in [-0.15, -0.1) is 0 Å². The highest BCUT2D eigenvalue weighted by molar-refractivity contribution is 7.59. The van der Waals surface area contributed by atoms with E-state index in [1.165, 1.54) is 23.5 Å². The summed E-state index contributed by atoms with van der Waals surface area (Å²) in [6.07, 6.45) is 2.47. The summed E-state index contributed by atoms with van der Waals surface area (Å²) in [5.74, 6) is 0.921. The number of amides is 1. The molecule has 9 nitrogen and oxygen atoms in total. The number of rotatable bonds is 7. The van der Waals surface area contributed by atoms with Gasteiger partial charge in [0.1, 0.15) is 17.6 Å². The molecule has 1 saturated carbocycles. The molecule has 36 heavy (non-hydrogen) atoms. The summed E-state index contributed by atoms with van der Waals surface area (Å²) >= 11 is 1.41. The Morgan fingerprint density at radius 3 is 2.69 bits per heavy atom. The molecule has 2 aliphatic rings. The number of fused-ring (bicyclic) bond motifs is 1. The zero-order valence-electron chi connectivity index (χ0n) is 19.0. The van der Waals surface area contributed by atoms with Crippen molar-refractivity contribution >= 4 is 45.7 Å². The molecule has 11 heteroatoms. The van der Waals surface area contributed by atoms with Crippen molar-refractivity contribution in [2.75, 3.05) is 18.5 Å². The quantitative estimate of drug-likeness (QED) is 0.299. The number of thiazole rings is 1. The van der Waals surface area contributed by atoms with E-state index >= 15 is 0 Å². The fraction of sp³-hybridized carbons (Fsp3) is 0.280. The maximum atomic E-state index is 12.2. The van der Waals surface area contributed by atoms with Crippen LogP contribution in [0.15, 0.2) is 52.9 Å². The molecule has 1 unspecified atom stereocenters. The smallest absolute Gasteiger partial charge is 0.391 e. The third kappa shape index (κ3) is 4.70. The highest BCUT2D eigenvalue weighted by Crippen LogP contribution is 2.42. The molecule has 186 valence electrons. The molecule has 1 saturated heterocycles. The van der Waals surface area contributed by atoms with Gasteiger partial charge >= 0.3 is 7.60 Å². The Bertz CT molecular complexity index is 1500. The minimum absolute atomic E-state index is 0.00830. The summed E-state index contributed by atoms with van der Waals surface area (Å²) < 4.78 is 29.8. The first-order valence-electron chi connectivity index (χ1n) is 11.6. The molecule has 1 amide bonds. The van der Waals surface area contributed by atoms with Crippen LogP contribution in [0.2, 0.25) is 0 Å². The van der Waals surface area contributed by atoms with E-state index in [0.717, 1.165) is 40.6 Å². The number of hydrogen-bond donors (Lipinski definition) is 3. The monoisotopic (exact) mass is 526 g/mol. The Kier molecular flexibility index (Phi) is 5.94. The maximum Gasteiger partial charge on any atom is 0.391 e. The molecule has 2 aromatic heterocycles. The van der Waals surface area contributed by atoms with Crippen LogP contribution >= 0.6 is 18.9 Å². The zero-order valence-corrected chi connectivity index (χ0v) is 20.8. The van der Waals surface area contributed by atoms with E-state index < -0.39 is 13.1 Å². The van der Waals surface area contributed by atoms with Crippen LogP contribution < -0.4 is 15.6 Å². The third-order valence-electron chi connectivity index (χ3n) is 6.21. The predicted octanol–water partition coefficient (Wildman–Crippen LogP) is 4.54. The molecule has 2 aromatic carbocycles. The molecule has 0 radical (unpaired) electrons. The van der Waals surface area contributed by atoms with Crippen molar-refractivity contribution in [1.82, 2.24) is 4.98 Å². The molecule has 3 N–H and O–H groups in total. The van der Waals surface area contributed by atoms with E-state index in [4.69, 9.17) is 13.9 Å². The number of benzene rings is 2. The first-order chi connectivity index (χ1) is 17.3. The summed E-state index contributed by atoms with van der Waals surface area (Å²) in [7, 11) is -4.54. The molecular weight excluding hydrogens is 503 g/mol. The van der Waals surface area contributed by atoms with E-state index in [0.29, 0.717) is 29.7 Å². The van der Waals surface area contributed by atoms with Crippen LogP contribution in [0.4, 0.5) is 5.13 Å². The Balaban J connectivity index is 1.41. The Morgan fingerprint density at radius 2 is 1.97 bits per heavy atom. The lowest BCUT2D eigenvalue weighted by atomic mass is 10.0. The van der Waals surface area contributed by atoms with E-state index in [2.05, 4.69) is 10.3 Å². The van der Waals surface area contributed by atoms with Gasteiger partial charge in [-0.3, -0.25) is 9.36 Å². The number of hydrogen-bond acceptors (Lipinski definition) is 7. The second-order valence-electron chi connectivity index (χ2n) is 8.93. The molecule has 1 aliphatic carbocycles. The van der Waals surface area contributed by atoms with Crippen LogP contribution in [0.25, 0.3) is 32.7 Å². The second kappa shape index (κ2) is 9.14. The lowest BCUT2D eigenvalue weighted by Gasteiger charge is -2.16. The van der Waals surface area contributed by atoms with E-state index in [9.17, 15) is 19.1 Å². The van der Waals surface area contributed by atoms with Crippen LogP contribution in [-0.4, -0.2) is 40.0 Å². The van der Waals surface area contributed by atoms with E-state index in [1.54, 1.807) is 0 Å². The summed E-state index contributed by atoms with van der Waals surface area (Å²) in [6, 6.07) is 14.2. The Hall–Kier alpha value is -3.01. The largest absolute Gasteiger partial charge is 0.487 e. The fourth-order valence-electron chi connectivity index (χ4n) is 4.19. The molecule has 0 spiro atoms. The van der Waals surface area contributed by atoms with Gasteiger partial charge < -0.3 is 29.0 Å². The molecule has 4 aromatic rings. The van der Waals surface area contributed by atoms with Crippen molar-refractivity contribution in [1.29, 1.82) is 0 Å². The zero-order chi connectivity index (χ0) is 24.9. The lowest BCUT2D eigenvalue weighted by molar-refractivity contribution is -0.117. The first kappa shape index (κ1) is 23.4. The van der Waals surface area contributed by atoms with Gasteiger partial charge in [0.2, 0.25) is 11.4 Å². The van der Waals surface area contributed by atoms with Crippen molar-refractivity contribution in [2.24, 2.45) is 5.92 Å². The van der Waals surface area contributed by atoms with Gasteiger partial charge in [0.25, 0.3) is 0 Å². The van der Waals surface area contributed by atoms with Crippen LogP contribution in [0.3, 0.4) is 0 Å². The second-order valence-corrected chi connectivity index (χ2v) is 11.5. The SMILES string of the molecule is O=C(Nc1nc2cccc(-c3ccc(OC4CCOC4)c(-c4ccc(P(=O)(O)O)o4)c3)c2s1)C1CC1. The van der Waals surface area contributed by atoms with E-state index in [-0.39, 0.29) is 23.7 Å². The summed E-state index contributed by atoms with van der Waals surface area (Å²) in [5.41, 5.74) is 2.70. The first-order valence-corrected chi connectivity index (χ1v) is 14.0. The normalized spacial score (nSPS) is 18.0. The number of nitrogens with zero attached hydrogens (tertiary/aromatic N) is 1. The van der Waals surface area contributed by atoms with Gasteiger partial charge in [-0.05, 0) is 48.7 Å². The number of carbonyl (C=O) groups is 1. The maximum absolute atomic E-state index is 12.2. The number of aromatic nitrogens is 1. The van der Waals surface area contributed by atoms with Crippen LogP contribution in [0.5, 0.6) is 5.75 Å². The molecule has 6 rings (SSSR count). The third-order valence-corrected chi connectivity index (χ3v) is 8.04. The van der Waals surface area contributed by atoms with Gasteiger partial charge in [-0.25, -0.2) is 4.98 Å². The minimum atomic E-state index is -4.54. The topological polar surface area (TPSA) is 131 Å². The molecule has 1 aliphatic heterocycles. The predicted molar refractivity (Wildman–Crippen MR) is 136 cm³/mol. The Morgan fingerprint density at radius 1 is 1.11 bits per heavy atom. The van der Waals surface area contributed by atoms with Gasteiger partial charge in [0.15, 0.2) is 5.13 Å². The molecule has 1 atom stereocenters. The van der Waals surface area contributed by atoms with Crippen molar-refractivity contribution in [3.8, 4) is 28.2 Å². The van der Waals surface area contributed by atoms with Crippen LogP contribution in [0.1, 0.15) is 19.3 Å². The number of anilines is 1. The van der Waals surface area contributed by atoms with Crippen molar-refractivity contribution in [2.45, 2.75) is 25.4 Å². The standard InChI is InChI=1S/C25H23N2O7PS/c28-24(14-4-5-14)27-25-26-19-3-1-2-17(23(19)36-25)15-6-7-20(33-16-10-11-32-13-16)18(12-15)21-8-9-22(34-21)35(29,30)31/h1-3,6-9,12,14,16H,4-5,10-11,13H2,(H,26,27,28)(H2,29,30,31). The summed E-state index contributed by atoms with van der Waals surface area (Å²) in [4.78, 5) is 35.9. The average Bonchev–Trinajstić information content (AvgIpc) is 3.22. The van der Waals surface area contributed by atoms with Crippen LogP contribution in [0, 0.1) is 5.92 Å². The summed E-state index contributed by atoms with van der Waals surface area (Å²) in [6.45, 7) is 1.09. The van der Waals surface area contributed by atoms with Crippen molar-refractivity contribution in [3.05, 3.63) is 48.5 Å². The average molecular weight is 527 g/mol. The fourth-order valence-corrected chi connectivity index (χ4v) is 5.68. The molecular formula is C25H23N2O7PS. The molecule has 0 bridgehead atoms. The van der Waals surface area contributed by atoms with Crippen molar-refractivity contribution < 1.29 is 33.0 Å². The molecule has 2 fully saturated rings. The number of ether oxygens (including phenoxy) is 2. The van der Waals surface area contributed by atoms with E-state index in [1.807, 2.05) is 36.4 Å². The molecule has 3 heterocycles. The lowest BCUT2D eigenvalue weighted by Crippen LogP contribution is -2.16. The summed E-state index contributed by atoms with van der Waals surface area (Å²) in [5, 5.41) is 3.49. The van der Waals surface area contributed by atoms with Crippen LogP contribution in [-0.2, 0) is 14.1 Å². The van der Waals surface area contributed by atoms with Gasteiger partial charge in [-0.2, -0.15) is 0 Å². The van der Waals surface area contributed by atoms with Gasteiger partial charge in [0, 0.05) is 17.9 Å².